The minimum Gasteiger partial charge on any atom is -0.354 e. The van der Waals surface area contributed by atoms with Crippen LogP contribution in [0.5, 0.6) is 0 Å². The Morgan fingerprint density at radius 3 is 2.77 bits per heavy atom. The average molecular weight is 433 g/mol. The number of alkyl halides is 2. The van der Waals surface area contributed by atoms with Gasteiger partial charge in [-0.1, -0.05) is 25.2 Å². The Kier molecular flexibility index (Phi) is 4.84. The van der Waals surface area contributed by atoms with Gasteiger partial charge in [0.05, 0.1) is 10.6 Å². The van der Waals surface area contributed by atoms with Crippen molar-refractivity contribution in [1.29, 1.82) is 0 Å². The summed E-state index contributed by atoms with van der Waals surface area (Å²) >= 11 is 1.07. The van der Waals surface area contributed by atoms with Gasteiger partial charge in [0.15, 0.2) is 16.7 Å². The second kappa shape index (κ2) is 7.12. The van der Waals surface area contributed by atoms with Crippen molar-refractivity contribution in [3.8, 4) is 10.7 Å². The van der Waals surface area contributed by atoms with Crippen LogP contribution in [0.1, 0.15) is 64.6 Å². The number of halogens is 2. The van der Waals surface area contributed by atoms with E-state index in [9.17, 15) is 18.4 Å². The Bertz CT molecular complexity index is 1160. The van der Waals surface area contributed by atoms with Crippen molar-refractivity contribution in [2.75, 3.05) is 5.32 Å². The summed E-state index contributed by atoms with van der Waals surface area (Å²) in [4.78, 5) is 37.3. The molecule has 10 heteroatoms. The summed E-state index contributed by atoms with van der Waals surface area (Å²) < 4.78 is 27.1. The van der Waals surface area contributed by atoms with Crippen LogP contribution in [0.3, 0.4) is 0 Å². The first-order valence-electron chi connectivity index (χ1n) is 9.42. The summed E-state index contributed by atoms with van der Waals surface area (Å²) in [7, 11) is 0. The normalized spacial score (nSPS) is 15.5. The minimum absolute atomic E-state index is 0.0280. The van der Waals surface area contributed by atoms with E-state index in [2.05, 4.69) is 20.3 Å². The molecule has 3 aromatic rings. The van der Waals surface area contributed by atoms with Gasteiger partial charge in [-0.15, -0.1) is 0 Å². The second-order valence-electron chi connectivity index (χ2n) is 8.24. The predicted octanol–water partition coefficient (Wildman–Crippen LogP) is 4.75. The molecular weight excluding hydrogens is 412 g/mol. The fraction of sp³-hybridized carbons (Fsp3) is 0.400. The number of nitrogens with zero attached hydrogens (tertiary/aromatic N) is 3. The minimum atomic E-state index is -2.73. The van der Waals surface area contributed by atoms with Crippen molar-refractivity contribution in [1.82, 2.24) is 19.5 Å². The van der Waals surface area contributed by atoms with Gasteiger partial charge in [0.2, 0.25) is 0 Å². The van der Waals surface area contributed by atoms with Crippen LogP contribution in [-0.4, -0.2) is 31.2 Å². The van der Waals surface area contributed by atoms with Crippen molar-refractivity contribution in [2.24, 2.45) is 5.41 Å². The number of H-pyrrole nitrogens is 1. The smallest absolute Gasteiger partial charge is 0.320 e. The van der Waals surface area contributed by atoms with Gasteiger partial charge >= 0.3 is 6.55 Å². The highest BCUT2D eigenvalue weighted by molar-refractivity contribution is 7.19. The molecule has 0 aromatic carbocycles. The zero-order chi connectivity index (χ0) is 21.8. The molecule has 0 saturated carbocycles. The summed E-state index contributed by atoms with van der Waals surface area (Å²) in [6.45, 7) is 4.74. The number of carbonyl (C=O) groups is 2. The van der Waals surface area contributed by atoms with Gasteiger partial charge in [-0.05, 0) is 31.2 Å². The Morgan fingerprint density at radius 2 is 2.07 bits per heavy atom. The molecule has 3 aromatic heterocycles. The van der Waals surface area contributed by atoms with Gasteiger partial charge in [0, 0.05) is 30.1 Å². The first-order valence-corrected chi connectivity index (χ1v) is 10.2. The number of aromatic nitrogens is 4. The lowest BCUT2D eigenvalue weighted by Crippen LogP contribution is -2.26. The number of aryl methyl sites for hydroxylation is 1. The Hall–Kier alpha value is -2.88. The molecule has 0 fully saturated rings. The van der Waals surface area contributed by atoms with Crippen LogP contribution in [0.25, 0.3) is 10.7 Å². The first kappa shape index (κ1) is 20.4. The van der Waals surface area contributed by atoms with E-state index in [0.717, 1.165) is 21.6 Å². The lowest BCUT2D eigenvalue weighted by Gasteiger charge is -2.28. The zero-order valence-corrected chi connectivity index (χ0v) is 17.8. The van der Waals surface area contributed by atoms with Gasteiger partial charge < -0.3 is 4.98 Å². The third-order valence-corrected chi connectivity index (χ3v) is 6.30. The third kappa shape index (κ3) is 3.45. The molecule has 0 unspecified atom stereocenters. The van der Waals surface area contributed by atoms with Crippen LogP contribution < -0.4 is 5.32 Å². The van der Waals surface area contributed by atoms with E-state index in [1.165, 1.54) is 12.4 Å². The number of rotatable bonds is 4. The largest absolute Gasteiger partial charge is 0.354 e. The first-order chi connectivity index (χ1) is 14.1. The molecular formula is C20H21F2N5O2S. The van der Waals surface area contributed by atoms with E-state index in [-0.39, 0.29) is 22.2 Å². The van der Waals surface area contributed by atoms with Crippen LogP contribution in [0, 0.1) is 19.3 Å². The number of carbonyl (C=O) groups excluding carboxylic acids is 2. The summed E-state index contributed by atoms with van der Waals surface area (Å²) in [6, 6.07) is 0. The number of ketones is 1. The summed E-state index contributed by atoms with van der Waals surface area (Å²) in [5.41, 5.74) is 2.62. The second-order valence-corrected chi connectivity index (χ2v) is 9.24. The topological polar surface area (TPSA) is 92.7 Å². The average Bonchev–Trinajstić information content (AvgIpc) is 3.31. The molecule has 158 valence electrons. The predicted molar refractivity (Wildman–Crippen MR) is 109 cm³/mol. The molecule has 0 radical (unpaired) electrons. The molecule has 2 N–H and O–H groups in total. The summed E-state index contributed by atoms with van der Waals surface area (Å²) in [6.07, 6.45) is 3.61. The Labute approximate surface area is 175 Å². The fourth-order valence-corrected chi connectivity index (χ4v) is 4.89. The monoisotopic (exact) mass is 433 g/mol. The maximum atomic E-state index is 13.2. The highest BCUT2D eigenvalue weighted by Gasteiger charge is 2.35. The molecule has 1 amide bonds. The number of hydrogen-bond acceptors (Lipinski definition) is 5. The standard InChI is InChI=1S/C20H21F2N5O2S/c1-9-13-11(7-20(3,4)8-12(13)28)25-14(9)17(29)26-19-24-10(2)15(30-19)16-23-5-6-27(16)18(21)22/h5-6,18,25H,7-8H2,1-4H3,(H,24,26,29). The molecule has 0 saturated heterocycles. The molecule has 1 aliphatic rings. The van der Waals surface area contributed by atoms with Gasteiger partial charge in [-0.2, -0.15) is 8.78 Å². The van der Waals surface area contributed by atoms with Crippen LogP contribution >= 0.6 is 11.3 Å². The Morgan fingerprint density at radius 1 is 1.33 bits per heavy atom. The maximum Gasteiger partial charge on any atom is 0.320 e. The maximum absolute atomic E-state index is 13.2. The number of thiazole rings is 1. The molecule has 3 heterocycles. The molecule has 0 aliphatic heterocycles. The van der Waals surface area contributed by atoms with Crippen molar-refractivity contribution < 1.29 is 18.4 Å². The highest BCUT2D eigenvalue weighted by atomic mass is 32.1. The summed E-state index contributed by atoms with van der Waals surface area (Å²) in [5, 5.41) is 2.99. The molecule has 0 bridgehead atoms. The summed E-state index contributed by atoms with van der Waals surface area (Å²) in [5.74, 6) is -0.301. The third-order valence-electron chi connectivity index (χ3n) is 5.23. The van der Waals surface area contributed by atoms with E-state index in [1.54, 1.807) is 13.8 Å². The number of anilines is 1. The lowest BCUT2D eigenvalue weighted by atomic mass is 9.75. The van der Waals surface area contributed by atoms with Crippen molar-refractivity contribution >= 4 is 28.2 Å². The molecule has 7 nitrogen and oxygen atoms in total. The van der Waals surface area contributed by atoms with Gasteiger partial charge in [-0.3, -0.25) is 19.5 Å². The lowest BCUT2D eigenvalue weighted by molar-refractivity contribution is 0.0720. The van der Waals surface area contributed by atoms with Gasteiger partial charge in [-0.25, -0.2) is 9.97 Å². The number of Topliss-reactive ketones (excluding diaryl/α,β-unsaturated/α-hetero) is 1. The van der Waals surface area contributed by atoms with Gasteiger partial charge in [0.25, 0.3) is 5.91 Å². The molecule has 0 spiro atoms. The van der Waals surface area contributed by atoms with Crippen LogP contribution in [0.2, 0.25) is 0 Å². The van der Waals surface area contributed by atoms with Crippen molar-refractivity contribution in [3.05, 3.63) is 40.6 Å². The van der Waals surface area contributed by atoms with E-state index in [0.29, 0.717) is 40.2 Å². The Balaban J connectivity index is 1.62. The van der Waals surface area contributed by atoms with Crippen LogP contribution in [0.4, 0.5) is 13.9 Å². The fourth-order valence-electron chi connectivity index (χ4n) is 3.92. The van der Waals surface area contributed by atoms with Crippen molar-refractivity contribution in [3.63, 3.8) is 0 Å². The van der Waals surface area contributed by atoms with E-state index < -0.39 is 12.5 Å². The number of nitrogens with one attached hydrogen (secondary N) is 2. The number of imidazole rings is 1. The molecule has 30 heavy (non-hydrogen) atoms. The van der Waals surface area contributed by atoms with Crippen molar-refractivity contribution in [2.45, 2.75) is 47.1 Å². The van der Waals surface area contributed by atoms with E-state index in [1.807, 2.05) is 13.8 Å². The quantitative estimate of drug-likeness (QED) is 0.621. The number of amides is 1. The molecule has 1 aliphatic carbocycles. The number of aromatic amines is 1. The van der Waals surface area contributed by atoms with E-state index in [4.69, 9.17) is 0 Å². The number of hydrogen-bond donors (Lipinski definition) is 2. The van der Waals surface area contributed by atoms with Crippen LogP contribution in [0.15, 0.2) is 12.4 Å². The molecule has 0 atom stereocenters. The highest BCUT2D eigenvalue weighted by Crippen LogP contribution is 2.37. The SMILES string of the molecule is Cc1nc(NC(=O)c2[nH]c3c(c2C)C(=O)CC(C)(C)C3)sc1-c1nccn1C(F)F. The van der Waals surface area contributed by atoms with Crippen LogP contribution in [-0.2, 0) is 6.42 Å². The zero-order valence-electron chi connectivity index (χ0n) is 17.0. The van der Waals surface area contributed by atoms with Gasteiger partial charge in [0.1, 0.15) is 5.69 Å². The number of fused-ring (bicyclic) bond motifs is 1. The van der Waals surface area contributed by atoms with E-state index >= 15 is 0 Å². The molecule has 4 rings (SSSR count).